The summed E-state index contributed by atoms with van der Waals surface area (Å²) in [5, 5.41) is 13.9. The molecule has 2 N–H and O–H groups in total. The molecule has 2 saturated heterocycles. The Morgan fingerprint density at radius 1 is 1.02 bits per heavy atom. The third-order valence-corrected chi connectivity index (χ3v) is 17.4. The molecule has 3 heterocycles. The van der Waals surface area contributed by atoms with Crippen molar-refractivity contribution in [1.29, 1.82) is 0 Å². The number of nitrogens with one attached hydrogen (secondary N) is 1. The number of hydrogen-bond donors (Lipinski definition) is 2. The molecule has 0 spiro atoms. The van der Waals surface area contributed by atoms with Crippen molar-refractivity contribution in [2.45, 2.75) is 108 Å². The predicted molar refractivity (Wildman–Crippen MR) is 179 cm³/mol. The highest BCUT2D eigenvalue weighted by Gasteiger charge is 2.55. The molecule has 3 unspecified atom stereocenters. The van der Waals surface area contributed by atoms with Crippen LogP contribution >= 0.6 is 0 Å². The molecule has 8 nitrogen and oxygen atoms in total. The van der Waals surface area contributed by atoms with E-state index < -0.39 is 52.2 Å². The van der Waals surface area contributed by atoms with Crippen LogP contribution in [-0.4, -0.2) is 62.1 Å². The molecule has 44 heavy (non-hydrogen) atoms. The zero-order valence-corrected chi connectivity index (χ0v) is 29.1. The lowest BCUT2D eigenvalue weighted by Gasteiger charge is -2.45. The van der Waals surface area contributed by atoms with Gasteiger partial charge < -0.3 is 19.0 Å². The van der Waals surface area contributed by atoms with Gasteiger partial charge in [-0.05, 0) is 34.3 Å². The van der Waals surface area contributed by atoms with Crippen molar-refractivity contribution in [1.82, 2.24) is 9.55 Å². The summed E-state index contributed by atoms with van der Waals surface area (Å²) in [4.78, 5) is 27.6. The van der Waals surface area contributed by atoms with Crippen LogP contribution in [-0.2, 0) is 13.9 Å². The highest BCUT2D eigenvalue weighted by Crippen LogP contribution is 2.43. The Balaban J connectivity index is 1.58. The number of aliphatic hydroxyl groups excluding tert-OH is 1. The maximum atomic E-state index is 13.0. The minimum Gasteiger partial charge on any atom is -0.402 e. The second kappa shape index (κ2) is 12.7. The van der Waals surface area contributed by atoms with Gasteiger partial charge >= 0.3 is 5.69 Å². The summed E-state index contributed by atoms with van der Waals surface area (Å²) < 4.78 is 21.7. The number of aromatic amines is 1. The molecule has 10 heteroatoms. The van der Waals surface area contributed by atoms with Gasteiger partial charge in [0.15, 0.2) is 0 Å². The highest BCUT2D eigenvalue weighted by molar-refractivity contribution is 6.99. The zero-order chi connectivity index (χ0) is 31.9. The van der Waals surface area contributed by atoms with Crippen LogP contribution in [0.1, 0.15) is 51.8 Å². The monoisotopic (exact) mass is 636 g/mol. The van der Waals surface area contributed by atoms with Crippen molar-refractivity contribution in [3.63, 3.8) is 0 Å². The Kier molecular flexibility index (Phi) is 9.42. The molecule has 0 bridgehead atoms. The van der Waals surface area contributed by atoms with Gasteiger partial charge in [-0.25, -0.2) is 4.79 Å². The highest BCUT2D eigenvalue weighted by atomic mass is 28.4. The van der Waals surface area contributed by atoms with Crippen molar-refractivity contribution in [2.75, 3.05) is 6.61 Å². The first-order valence-electron chi connectivity index (χ1n) is 15.8. The van der Waals surface area contributed by atoms with Gasteiger partial charge in [0.05, 0.1) is 26.4 Å². The van der Waals surface area contributed by atoms with Crippen LogP contribution < -0.4 is 21.6 Å². The summed E-state index contributed by atoms with van der Waals surface area (Å²) in [7, 11) is -4.54. The Morgan fingerprint density at radius 2 is 1.61 bits per heavy atom. The number of benzene rings is 2. The van der Waals surface area contributed by atoms with Crippen molar-refractivity contribution in [3.8, 4) is 0 Å². The quantitative estimate of drug-likeness (QED) is 0.339. The number of aryl methyl sites for hydroxylation is 1. The maximum absolute atomic E-state index is 13.0. The van der Waals surface area contributed by atoms with Gasteiger partial charge in [0.1, 0.15) is 12.3 Å². The number of aromatic nitrogens is 2. The van der Waals surface area contributed by atoms with E-state index in [2.05, 4.69) is 69.7 Å². The Morgan fingerprint density at radius 3 is 2.16 bits per heavy atom. The van der Waals surface area contributed by atoms with E-state index in [1.807, 2.05) is 36.4 Å². The average molecular weight is 637 g/mol. The van der Waals surface area contributed by atoms with Gasteiger partial charge in [0, 0.05) is 31.2 Å². The first-order valence-corrected chi connectivity index (χ1v) is 21.3. The number of ether oxygens (including phenoxy) is 2. The fraction of sp³-hybridized carbons (Fsp3) is 0.529. The number of hydrogen-bond acceptors (Lipinski definition) is 6. The summed E-state index contributed by atoms with van der Waals surface area (Å²) in [6, 6.07) is 20.8. The van der Waals surface area contributed by atoms with Crippen LogP contribution in [0.5, 0.6) is 0 Å². The molecule has 0 aliphatic carbocycles. The molecule has 238 valence electrons. The van der Waals surface area contributed by atoms with Gasteiger partial charge in [-0.15, -0.1) is 0 Å². The lowest BCUT2D eigenvalue weighted by Crippen LogP contribution is -2.68. The van der Waals surface area contributed by atoms with Crippen LogP contribution in [0.3, 0.4) is 0 Å². The maximum Gasteiger partial charge on any atom is 0.330 e. The van der Waals surface area contributed by atoms with E-state index >= 15 is 0 Å². The lowest BCUT2D eigenvalue weighted by atomic mass is 10.0. The molecule has 6 atom stereocenters. The van der Waals surface area contributed by atoms with Crippen molar-refractivity contribution in [2.24, 2.45) is 0 Å². The minimum absolute atomic E-state index is 0.0501. The van der Waals surface area contributed by atoms with Crippen molar-refractivity contribution in [3.05, 3.63) is 93.3 Å². The number of H-pyrrole nitrogens is 1. The molecule has 2 aromatic carbocycles. The summed E-state index contributed by atoms with van der Waals surface area (Å²) in [6.07, 6.45) is 0.484. The second-order valence-corrected chi connectivity index (χ2v) is 24.3. The number of nitrogens with zero attached hydrogens (tertiary/aromatic N) is 1. The van der Waals surface area contributed by atoms with E-state index in [1.54, 1.807) is 13.1 Å². The molecule has 0 radical (unpaired) electrons. The van der Waals surface area contributed by atoms with Crippen LogP contribution in [0.4, 0.5) is 0 Å². The smallest absolute Gasteiger partial charge is 0.330 e. The van der Waals surface area contributed by atoms with Gasteiger partial charge in [-0.2, -0.15) is 0 Å². The van der Waals surface area contributed by atoms with Crippen LogP contribution in [0.25, 0.3) is 0 Å². The third kappa shape index (κ3) is 6.38. The van der Waals surface area contributed by atoms with Crippen molar-refractivity contribution < 1.29 is 19.0 Å². The van der Waals surface area contributed by atoms with E-state index in [0.29, 0.717) is 30.6 Å². The van der Waals surface area contributed by atoms with Gasteiger partial charge in [-0.3, -0.25) is 14.3 Å². The summed E-state index contributed by atoms with van der Waals surface area (Å²) in [5.74, 6) is 0. The predicted octanol–water partition coefficient (Wildman–Crippen LogP) is 4.33. The standard InChI is InChI=1S/C34H48N2O6Si2/c1-23-22-36(33(39)35-32(23)38)30-21-28(31(41-30)26(37)20-27-29(18-19-40-27)43(5,6)7)42-44(34(2,3)4,24-14-10-8-11-15-24)25-16-12-9-13-17-25/h8-17,22,26-31,37H,18-21H2,1-7H3,(H,35,38,39)/t26?,27?,28-,29?,30+,31+/m0/s1. The fourth-order valence-electron chi connectivity index (χ4n) is 7.25. The molecular formula is C34H48N2O6Si2. The Labute approximate surface area is 262 Å². The van der Waals surface area contributed by atoms with E-state index in [9.17, 15) is 14.7 Å². The fourth-order valence-corrected chi connectivity index (χ4v) is 14.3. The topological polar surface area (TPSA) is 103 Å². The number of rotatable bonds is 9. The van der Waals surface area contributed by atoms with E-state index in [4.69, 9.17) is 13.9 Å². The summed E-state index contributed by atoms with van der Waals surface area (Å²) in [6.45, 7) is 16.1. The van der Waals surface area contributed by atoms with Gasteiger partial charge in [0.2, 0.25) is 0 Å². The average Bonchev–Trinajstić information content (AvgIpc) is 3.61. The minimum atomic E-state index is -3.01. The molecule has 3 aromatic rings. The third-order valence-electron chi connectivity index (χ3n) is 9.49. The molecular weight excluding hydrogens is 589 g/mol. The van der Waals surface area contributed by atoms with Crippen molar-refractivity contribution >= 4 is 26.8 Å². The normalized spacial score (nSPS) is 25.3. The second-order valence-electron chi connectivity index (χ2n) is 14.6. The SMILES string of the molecule is Cc1cn([C@H]2C[C@H](O[Si](c3ccccc3)(c3ccccc3)C(C)(C)C)[C@@H](C(O)CC3OCCC3[Si](C)(C)C)O2)c(=O)[nH]c1=O. The Bertz CT molecular complexity index is 1490. The molecule has 5 rings (SSSR count). The van der Waals surface area contributed by atoms with E-state index in [0.717, 1.165) is 16.8 Å². The van der Waals surface area contributed by atoms with E-state index in [1.165, 1.54) is 4.57 Å². The summed E-state index contributed by atoms with van der Waals surface area (Å²) >= 11 is 0. The van der Waals surface area contributed by atoms with Gasteiger partial charge in [-0.1, -0.05) is 101 Å². The van der Waals surface area contributed by atoms with Gasteiger partial charge in [0.25, 0.3) is 13.9 Å². The molecule has 0 saturated carbocycles. The lowest BCUT2D eigenvalue weighted by molar-refractivity contribution is -0.0932. The molecule has 1 aromatic heterocycles. The largest absolute Gasteiger partial charge is 0.402 e. The first kappa shape index (κ1) is 32.8. The number of aliphatic hydroxyl groups is 1. The summed E-state index contributed by atoms with van der Waals surface area (Å²) in [5.41, 5.74) is -0.103. The van der Waals surface area contributed by atoms with Crippen LogP contribution in [0.2, 0.25) is 30.2 Å². The molecule has 2 aliphatic heterocycles. The first-order chi connectivity index (χ1) is 20.7. The molecule has 2 fully saturated rings. The zero-order valence-electron chi connectivity index (χ0n) is 27.1. The van der Waals surface area contributed by atoms with Crippen LogP contribution in [0.15, 0.2) is 76.4 Å². The van der Waals surface area contributed by atoms with E-state index in [-0.39, 0.29) is 11.1 Å². The molecule has 0 amide bonds. The Hall–Kier alpha value is -2.61. The van der Waals surface area contributed by atoms with Crippen LogP contribution in [0, 0.1) is 6.92 Å². The molecule has 2 aliphatic rings.